The number of hydrogen-bond donors (Lipinski definition) is 6. The molecule has 10 bridgehead atoms. The summed E-state index contributed by atoms with van der Waals surface area (Å²) < 4.78 is 0. The van der Waals surface area contributed by atoms with Crippen LogP contribution in [0.1, 0.15) is 154 Å². The molecule has 53 heavy (non-hydrogen) atoms. The van der Waals surface area contributed by atoms with Crippen molar-refractivity contribution in [1.29, 1.82) is 0 Å². The van der Waals surface area contributed by atoms with Gasteiger partial charge in [0.2, 0.25) is 0 Å². The van der Waals surface area contributed by atoms with Gasteiger partial charge in [-0.2, -0.15) is 0 Å². The standard InChI is InChI=1S/C9H15NS.C8H16BNO.C8H11BrO2.2C8H12O2/c10-8(11)6-9-3-1-7(5-9)2-4-9;1-9(11)10-8-4-2-7(6-8)3-5-8;9-6-3-5-1-2-8(6,4-5)7(10)11;9-7(10)8-3-1-6(5-8)2-4-8;9-8(10)7-4-5-1-2-6(7)3-5/h7H,1-6H2,(H2,10,11);7,10-11H,2-6H2,1H3;5-6H,1-4H2,(H,10,11);6H,1-5H2,(H,9,10);5-7H,1-4H2,(H,9,10). The molecule has 7 N–H and O–H groups in total. The van der Waals surface area contributed by atoms with Gasteiger partial charge in [0.1, 0.15) is 0 Å². The lowest BCUT2D eigenvalue weighted by Crippen LogP contribution is -2.48. The molecule has 0 amide bonds. The quantitative estimate of drug-likeness (QED) is 0.0833. The van der Waals surface area contributed by atoms with Gasteiger partial charge in [0.05, 0.1) is 21.7 Å². The first kappa shape index (κ1) is 41.4. The summed E-state index contributed by atoms with van der Waals surface area (Å²) in [4.78, 5) is 33.3. The van der Waals surface area contributed by atoms with Crippen molar-refractivity contribution in [1.82, 2.24) is 5.23 Å². The van der Waals surface area contributed by atoms with Crippen molar-refractivity contribution < 1.29 is 34.7 Å². The molecule has 6 unspecified atom stereocenters. The molecule has 9 nitrogen and oxygen atoms in total. The number of aliphatic carboxylic acids is 3. The predicted molar refractivity (Wildman–Crippen MR) is 215 cm³/mol. The normalized spacial score (nSPS) is 43.8. The number of alkyl halides is 1. The lowest BCUT2D eigenvalue weighted by Gasteiger charge is -2.28. The highest BCUT2D eigenvalue weighted by atomic mass is 79.9. The van der Waals surface area contributed by atoms with Crippen molar-refractivity contribution in [2.45, 2.75) is 171 Å². The predicted octanol–water partition coefficient (Wildman–Crippen LogP) is 8.45. The molecule has 10 aliphatic rings. The molecule has 0 aromatic rings. The number of rotatable bonds is 7. The number of fused-ring (bicyclic) bond motifs is 10. The topological polar surface area (TPSA) is 170 Å². The van der Waals surface area contributed by atoms with Crippen molar-refractivity contribution in [2.75, 3.05) is 0 Å². The van der Waals surface area contributed by atoms with Gasteiger partial charge in [-0.3, -0.25) is 14.4 Å². The van der Waals surface area contributed by atoms with Gasteiger partial charge >= 0.3 is 25.0 Å². The van der Waals surface area contributed by atoms with E-state index in [1.807, 2.05) is 6.82 Å². The fourth-order valence-electron chi connectivity index (χ4n) is 13.3. The number of hydrogen-bond acceptors (Lipinski definition) is 6. The summed E-state index contributed by atoms with van der Waals surface area (Å²) in [5.41, 5.74) is 5.81. The molecular formula is C41H66BBrN2O7S. The lowest BCUT2D eigenvalue weighted by molar-refractivity contribution is -0.149. The zero-order valence-corrected chi connectivity index (χ0v) is 34.4. The molecule has 0 aromatic heterocycles. The van der Waals surface area contributed by atoms with Gasteiger partial charge in [-0.25, -0.2) is 0 Å². The third kappa shape index (κ3) is 9.33. The van der Waals surface area contributed by atoms with Crippen molar-refractivity contribution in [3.05, 3.63) is 0 Å². The van der Waals surface area contributed by atoms with E-state index in [0.717, 1.165) is 99.3 Å². The number of nitrogens with two attached hydrogens (primary N) is 1. The number of thiocarbonyl (C=S) groups is 1. The van der Waals surface area contributed by atoms with Gasteiger partial charge in [0.25, 0.3) is 0 Å². The second-order valence-corrected chi connectivity index (χ2v) is 21.3. The minimum atomic E-state index is -0.598. The summed E-state index contributed by atoms with van der Waals surface area (Å²) in [5, 5.41) is 39.2. The van der Waals surface area contributed by atoms with Crippen LogP contribution in [-0.4, -0.2) is 60.7 Å². The van der Waals surface area contributed by atoms with E-state index in [4.69, 9.17) is 33.3 Å². The van der Waals surface area contributed by atoms with Gasteiger partial charge in [0.15, 0.2) is 0 Å². The largest absolute Gasteiger partial charge is 0.481 e. The Morgan fingerprint density at radius 2 is 1.30 bits per heavy atom. The molecule has 0 aromatic carbocycles. The Morgan fingerprint density at radius 1 is 0.717 bits per heavy atom. The van der Waals surface area contributed by atoms with Gasteiger partial charge in [-0.1, -0.05) is 34.6 Å². The van der Waals surface area contributed by atoms with Crippen LogP contribution >= 0.6 is 28.1 Å². The molecule has 0 spiro atoms. The summed E-state index contributed by atoms with van der Waals surface area (Å²) in [6, 6.07) is 0. The van der Waals surface area contributed by atoms with Crippen LogP contribution in [0.2, 0.25) is 6.82 Å². The average molecular weight is 822 g/mol. The van der Waals surface area contributed by atoms with Crippen LogP contribution in [0.5, 0.6) is 0 Å². The van der Waals surface area contributed by atoms with E-state index in [-0.39, 0.29) is 23.2 Å². The molecule has 12 heteroatoms. The Balaban J connectivity index is 0.000000113. The van der Waals surface area contributed by atoms with E-state index >= 15 is 0 Å². The Morgan fingerprint density at radius 3 is 1.60 bits per heavy atom. The van der Waals surface area contributed by atoms with Crippen LogP contribution in [-0.2, 0) is 14.4 Å². The minimum Gasteiger partial charge on any atom is -0.481 e. The van der Waals surface area contributed by atoms with Gasteiger partial charge in [0, 0.05) is 16.8 Å². The van der Waals surface area contributed by atoms with Gasteiger partial charge in [-0.15, -0.1) is 0 Å². The maximum atomic E-state index is 11.0. The molecule has 10 aliphatic carbocycles. The molecule has 0 radical (unpaired) electrons. The fourth-order valence-corrected chi connectivity index (χ4v) is 14.8. The van der Waals surface area contributed by atoms with Crippen molar-refractivity contribution in [3.8, 4) is 0 Å². The molecule has 0 heterocycles. The first-order chi connectivity index (χ1) is 25.1. The monoisotopic (exact) mass is 820 g/mol. The Kier molecular flexibility index (Phi) is 13.0. The van der Waals surface area contributed by atoms with Crippen molar-refractivity contribution in [3.63, 3.8) is 0 Å². The lowest BCUT2D eigenvalue weighted by atomic mass is 9.81. The summed E-state index contributed by atoms with van der Waals surface area (Å²) in [6.07, 6.45) is 28.4. The Hall–Kier alpha value is -1.24. The fraction of sp³-hybridized carbons (Fsp3) is 0.902. The summed E-state index contributed by atoms with van der Waals surface area (Å²) in [7, 11) is -0.327. The van der Waals surface area contributed by atoms with Crippen LogP contribution in [0.3, 0.4) is 0 Å². The zero-order chi connectivity index (χ0) is 38.2. The summed E-state index contributed by atoms with van der Waals surface area (Å²) in [6.45, 7) is 1.82. The third-order valence-corrected chi connectivity index (χ3v) is 17.6. The van der Waals surface area contributed by atoms with Gasteiger partial charge < -0.3 is 31.3 Å². The second-order valence-electron chi connectivity index (χ2n) is 19.7. The van der Waals surface area contributed by atoms with E-state index in [2.05, 4.69) is 21.2 Å². The molecule has 298 valence electrons. The maximum absolute atomic E-state index is 11.0. The Bertz CT molecular complexity index is 1340. The zero-order valence-electron chi connectivity index (χ0n) is 32.0. The van der Waals surface area contributed by atoms with Gasteiger partial charge in [-0.05, 0) is 189 Å². The highest BCUT2D eigenvalue weighted by molar-refractivity contribution is 9.09. The second kappa shape index (κ2) is 16.7. The smallest absolute Gasteiger partial charge is 0.374 e. The number of carboxylic acids is 3. The van der Waals surface area contributed by atoms with E-state index in [9.17, 15) is 19.4 Å². The number of halogens is 1. The van der Waals surface area contributed by atoms with Crippen LogP contribution in [0.15, 0.2) is 0 Å². The van der Waals surface area contributed by atoms with E-state index in [1.54, 1.807) is 0 Å². The molecule has 0 aliphatic heterocycles. The highest BCUT2D eigenvalue weighted by Gasteiger charge is 2.56. The molecule has 10 rings (SSSR count). The van der Waals surface area contributed by atoms with Crippen LogP contribution in [0.4, 0.5) is 0 Å². The van der Waals surface area contributed by atoms with Crippen molar-refractivity contribution in [2.24, 2.45) is 63.4 Å². The molecule has 6 atom stereocenters. The maximum Gasteiger partial charge on any atom is 0.374 e. The summed E-state index contributed by atoms with van der Waals surface area (Å²) in [5.74, 6) is 2.99. The van der Waals surface area contributed by atoms with Crippen LogP contribution < -0.4 is 11.0 Å². The third-order valence-electron chi connectivity index (χ3n) is 16.2. The number of carbonyl (C=O) groups is 3. The molecule has 10 fully saturated rings. The number of carboxylic acid groups (broad SMARTS) is 3. The first-order valence-corrected chi connectivity index (χ1v) is 22.5. The minimum absolute atomic E-state index is 0.0127. The van der Waals surface area contributed by atoms with E-state index in [0.29, 0.717) is 22.8 Å². The van der Waals surface area contributed by atoms with Crippen molar-refractivity contribution >= 4 is 58.1 Å². The highest BCUT2D eigenvalue weighted by Crippen LogP contribution is 2.58. The van der Waals surface area contributed by atoms with E-state index < -0.39 is 23.3 Å². The first-order valence-electron chi connectivity index (χ1n) is 21.1. The van der Waals surface area contributed by atoms with Crippen LogP contribution in [0.25, 0.3) is 0 Å². The molecule has 10 saturated carbocycles. The molecular weight excluding hydrogens is 755 g/mol. The van der Waals surface area contributed by atoms with Crippen LogP contribution in [0, 0.1) is 57.7 Å². The van der Waals surface area contributed by atoms with E-state index in [1.165, 1.54) is 83.5 Å². The summed E-state index contributed by atoms with van der Waals surface area (Å²) >= 11 is 8.44. The number of nitrogens with one attached hydrogen (secondary N) is 1. The molecule has 0 saturated heterocycles. The SMILES string of the molecule is CB(O)NC12CCC(CC1)C2.NC(=S)CC12CCC(CC1)C2.O=C(O)C12CCC(CC1)C2.O=C(O)C12CCC(CC1Br)C2.O=C(O)C1CC2CCC1C2. The Labute approximate surface area is 331 Å². The average Bonchev–Trinajstić information content (AvgIpc) is 3.95.